The molecule has 1 saturated carbocycles. The van der Waals surface area contributed by atoms with Crippen LogP contribution in [0.3, 0.4) is 0 Å². The van der Waals surface area contributed by atoms with Crippen LogP contribution in [-0.4, -0.2) is 21.5 Å². The Bertz CT molecular complexity index is 310. The van der Waals surface area contributed by atoms with Crippen LogP contribution in [0.2, 0.25) is 0 Å². The first-order valence-corrected chi connectivity index (χ1v) is 4.94. The lowest BCUT2D eigenvalue weighted by Gasteiger charge is -2.10. The van der Waals surface area contributed by atoms with Crippen molar-refractivity contribution in [2.75, 3.05) is 17.6 Å². The van der Waals surface area contributed by atoms with Crippen molar-refractivity contribution in [3.8, 4) is 0 Å². The molecule has 0 spiro atoms. The summed E-state index contributed by atoms with van der Waals surface area (Å²) >= 11 is 0. The van der Waals surface area contributed by atoms with Crippen molar-refractivity contribution >= 4 is 11.9 Å². The molecule has 2 rings (SSSR count). The van der Waals surface area contributed by atoms with E-state index in [-0.39, 0.29) is 5.95 Å². The second kappa shape index (κ2) is 3.77. The lowest BCUT2D eigenvalue weighted by molar-refractivity contribution is 0.535. The summed E-state index contributed by atoms with van der Waals surface area (Å²) in [5.74, 6) is 2.42. The lowest BCUT2D eigenvalue weighted by atomic mass is 10.1. The number of anilines is 2. The van der Waals surface area contributed by atoms with E-state index in [0.717, 1.165) is 12.5 Å². The van der Waals surface area contributed by atoms with E-state index in [0.29, 0.717) is 11.9 Å². The predicted octanol–water partition coefficient (Wildman–Crippen LogP) is 0.912. The zero-order valence-corrected chi connectivity index (χ0v) is 8.27. The maximum Gasteiger partial charge on any atom is 0.227 e. The number of nitrogens with zero attached hydrogens (tertiary/aromatic N) is 3. The van der Waals surface area contributed by atoms with Crippen molar-refractivity contribution in [3.05, 3.63) is 6.33 Å². The molecule has 14 heavy (non-hydrogen) atoms. The molecule has 5 nitrogen and oxygen atoms in total. The topological polar surface area (TPSA) is 76.7 Å². The van der Waals surface area contributed by atoms with E-state index >= 15 is 0 Å². The Hall–Kier alpha value is -1.39. The van der Waals surface area contributed by atoms with Gasteiger partial charge in [-0.05, 0) is 24.7 Å². The molecular formula is C9H15N5. The first-order chi connectivity index (χ1) is 6.75. The number of nitrogen functional groups attached to an aromatic ring is 1. The van der Waals surface area contributed by atoms with E-state index in [2.05, 4.69) is 27.2 Å². The minimum Gasteiger partial charge on any atom is -0.368 e. The Morgan fingerprint density at radius 3 is 3.00 bits per heavy atom. The van der Waals surface area contributed by atoms with E-state index in [4.69, 9.17) is 5.73 Å². The van der Waals surface area contributed by atoms with E-state index < -0.39 is 0 Å². The molecule has 1 aliphatic rings. The van der Waals surface area contributed by atoms with Crippen molar-refractivity contribution in [1.82, 2.24) is 15.0 Å². The van der Waals surface area contributed by atoms with Gasteiger partial charge in [0.15, 0.2) is 0 Å². The van der Waals surface area contributed by atoms with Gasteiger partial charge < -0.3 is 11.1 Å². The summed E-state index contributed by atoms with van der Waals surface area (Å²) in [7, 11) is 0. The zero-order chi connectivity index (χ0) is 9.97. The van der Waals surface area contributed by atoms with Crippen LogP contribution in [0.1, 0.15) is 19.8 Å². The molecule has 1 unspecified atom stereocenters. The van der Waals surface area contributed by atoms with Crippen molar-refractivity contribution in [2.45, 2.75) is 19.8 Å². The standard InChI is InChI=1S/C9H15N5/c1-6(7-2-3-7)4-11-9-13-5-12-8(10)14-9/h5-7H,2-4H2,1H3,(H3,10,11,12,13,14). The second-order valence-corrected chi connectivity index (χ2v) is 3.86. The summed E-state index contributed by atoms with van der Waals surface area (Å²) in [6.07, 6.45) is 4.15. The van der Waals surface area contributed by atoms with E-state index in [9.17, 15) is 0 Å². The third-order valence-electron chi connectivity index (χ3n) is 2.60. The summed E-state index contributed by atoms with van der Waals surface area (Å²) in [6, 6.07) is 0. The molecule has 5 heteroatoms. The minimum absolute atomic E-state index is 0.265. The molecule has 1 heterocycles. The predicted molar refractivity (Wildman–Crippen MR) is 54.6 cm³/mol. The van der Waals surface area contributed by atoms with Gasteiger partial charge in [-0.2, -0.15) is 4.98 Å². The quantitative estimate of drug-likeness (QED) is 0.743. The Balaban J connectivity index is 1.84. The molecular weight excluding hydrogens is 178 g/mol. The molecule has 0 amide bonds. The van der Waals surface area contributed by atoms with Crippen LogP contribution in [0.15, 0.2) is 6.33 Å². The van der Waals surface area contributed by atoms with Gasteiger partial charge in [-0.25, -0.2) is 9.97 Å². The lowest BCUT2D eigenvalue weighted by Crippen LogP contribution is -2.15. The van der Waals surface area contributed by atoms with Gasteiger partial charge in [0.2, 0.25) is 11.9 Å². The highest BCUT2D eigenvalue weighted by molar-refractivity contribution is 5.28. The minimum atomic E-state index is 0.265. The number of nitrogens with one attached hydrogen (secondary N) is 1. The number of nitrogens with two attached hydrogens (primary N) is 1. The van der Waals surface area contributed by atoms with E-state index in [1.807, 2.05) is 0 Å². The Labute approximate surface area is 83.2 Å². The summed E-state index contributed by atoms with van der Waals surface area (Å²) in [6.45, 7) is 3.16. The van der Waals surface area contributed by atoms with Gasteiger partial charge in [0.1, 0.15) is 6.33 Å². The SMILES string of the molecule is CC(CNc1ncnc(N)n1)C1CC1. The summed E-state index contributed by atoms with van der Waals surface area (Å²) < 4.78 is 0. The second-order valence-electron chi connectivity index (χ2n) is 3.86. The van der Waals surface area contributed by atoms with Gasteiger partial charge in [-0.3, -0.25) is 0 Å². The summed E-state index contributed by atoms with van der Waals surface area (Å²) in [5, 5.41) is 3.16. The van der Waals surface area contributed by atoms with Crippen LogP contribution in [0.4, 0.5) is 11.9 Å². The largest absolute Gasteiger partial charge is 0.368 e. The van der Waals surface area contributed by atoms with Gasteiger partial charge in [-0.15, -0.1) is 0 Å². The molecule has 1 atom stereocenters. The van der Waals surface area contributed by atoms with E-state index in [1.165, 1.54) is 19.2 Å². The number of rotatable bonds is 4. The highest BCUT2D eigenvalue weighted by atomic mass is 15.2. The third-order valence-corrected chi connectivity index (χ3v) is 2.60. The number of hydrogen-bond donors (Lipinski definition) is 2. The van der Waals surface area contributed by atoms with Crippen LogP contribution in [-0.2, 0) is 0 Å². The Morgan fingerprint density at radius 1 is 1.57 bits per heavy atom. The van der Waals surface area contributed by atoms with Gasteiger partial charge in [0.05, 0.1) is 0 Å². The molecule has 1 aromatic rings. The van der Waals surface area contributed by atoms with Crippen molar-refractivity contribution < 1.29 is 0 Å². The smallest absolute Gasteiger partial charge is 0.227 e. The molecule has 3 N–H and O–H groups in total. The molecule has 0 aromatic carbocycles. The molecule has 0 aliphatic heterocycles. The van der Waals surface area contributed by atoms with Crippen LogP contribution in [0.25, 0.3) is 0 Å². The highest BCUT2D eigenvalue weighted by Crippen LogP contribution is 2.36. The monoisotopic (exact) mass is 193 g/mol. The Kier molecular flexibility index (Phi) is 2.47. The third kappa shape index (κ3) is 2.31. The maximum atomic E-state index is 5.43. The van der Waals surface area contributed by atoms with Crippen molar-refractivity contribution in [1.29, 1.82) is 0 Å². The molecule has 1 fully saturated rings. The molecule has 1 aromatic heterocycles. The molecule has 1 aliphatic carbocycles. The first kappa shape index (κ1) is 9.18. The first-order valence-electron chi connectivity index (χ1n) is 4.94. The van der Waals surface area contributed by atoms with Gasteiger partial charge in [-0.1, -0.05) is 6.92 Å². The van der Waals surface area contributed by atoms with Crippen LogP contribution < -0.4 is 11.1 Å². The van der Waals surface area contributed by atoms with Gasteiger partial charge >= 0.3 is 0 Å². The molecule has 0 saturated heterocycles. The van der Waals surface area contributed by atoms with Crippen LogP contribution in [0.5, 0.6) is 0 Å². The molecule has 76 valence electrons. The van der Waals surface area contributed by atoms with Crippen LogP contribution >= 0.6 is 0 Å². The fourth-order valence-electron chi connectivity index (χ4n) is 1.48. The maximum absolute atomic E-state index is 5.43. The van der Waals surface area contributed by atoms with Gasteiger partial charge in [0, 0.05) is 6.54 Å². The van der Waals surface area contributed by atoms with Gasteiger partial charge in [0.25, 0.3) is 0 Å². The molecule has 0 bridgehead atoms. The summed E-state index contributed by atoms with van der Waals surface area (Å²) in [5.41, 5.74) is 5.43. The number of aromatic nitrogens is 3. The Morgan fingerprint density at radius 2 is 2.36 bits per heavy atom. The zero-order valence-electron chi connectivity index (χ0n) is 8.27. The summed E-state index contributed by atoms with van der Waals surface area (Å²) in [4.78, 5) is 11.7. The van der Waals surface area contributed by atoms with Crippen molar-refractivity contribution in [2.24, 2.45) is 11.8 Å². The fraction of sp³-hybridized carbons (Fsp3) is 0.667. The average molecular weight is 193 g/mol. The fourth-order valence-corrected chi connectivity index (χ4v) is 1.48. The molecule has 0 radical (unpaired) electrons. The average Bonchev–Trinajstić information content (AvgIpc) is 2.97. The number of hydrogen-bond acceptors (Lipinski definition) is 5. The normalized spacial score (nSPS) is 17.8. The van der Waals surface area contributed by atoms with Crippen molar-refractivity contribution in [3.63, 3.8) is 0 Å². The van der Waals surface area contributed by atoms with E-state index in [1.54, 1.807) is 0 Å². The van der Waals surface area contributed by atoms with Crippen LogP contribution in [0, 0.1) is 11.8 Å². The highest BCUT2D eigenvalue weighted by Gasteiger charge is 2.27.